The molecule has 2 aromatic rings. The van der Waals surface area contributed by atoms with Gasteiger partial charge >= 0.3 is 12.1 Å². The van der Waals surface area contributed by atoms with Crippen LogP contribution < -0.4 is 4.74 Å². The van der Waals surface area contributed by atoms with Crippen molar-refractivity contribution in [1.82, 2.24) is 10.0 Å². The number of hydrogen-bond donors (Lipinski definition) is 1. The molecule has 2 saturated heterocycles. The van der Waals surface area contributed by atoms with Gasteiger partial charge in [-0.3, -0.25) is 0 Å². The van der Waals surface area contributed by atoms with Gasteiger partial charge in [0, 0.05) is 19.6 Å². The van der Waals surface area contributed by atoms with Crippen LogP contribution in [0.5, 0.6) is 5.75 Å². The van der Waals surface area contributed by atoms with E-state index in [9.17, 15) is 9.59 Å². The Morgan fingerprint density at radius 3 is 2.41 bits per heavy atom. The molecule has 1 N–H and O–H groups in total. The number of hydrazine groups is 1. The van der Waals surface area contributed by atoms with E-state index in [-0.39, 0.29) is 6.04 Å². The maximum absolute atomic E-state index is 13.5. The van der Waals surface area contributed by atoms with E-state index in [1.165, 1.54) is 0 Å². The van der Waals surface area contributed by atoms with E-state index in [1.807, 2.05) is 68.2 Å². The van der Waals surface area contributed by atoms with Gasteiger partial charge in [0.15, 0.2) is 12.3 Å². The Balaban J connectivity index is 1.69. The quantitative estimate of drug-likeness (QED) is 0.654. The zero-order valence-corrected chi connectivity index (χ0v) is 19.9. The predicted octanol–water partition coefficient (Wildman–Crippen LogP) is 4.76. The van der Waals surface area contributed by atoms with Crippen LogP contribution in [0.1, 0.15) is 57.2 Å². The van der Waals surface area contributed by atoms with Crippen molar-refractivity contribution >= 4 is 12.1 Å². The second-order valence-corrected chi connectivity index (χ2v) is 9.74. The minimum atomic E-state index is -1.03. The summed E-state index contributed by atoms with van der Waals surface area (Å²) in [4.78, 5) is 24.3. The van der Waals surface area contributed by atoms with Crippen molar-refractivity contribution in [2.24, 2.45) is 0 Å². The Hall–Kier alpha value is -3.10. The fourth-order valence-corrected chi connectivity index (χ4v) is 4.63. The van der Waals surface area contributed by atoms with Crippen molar-refractivity contribution in [3.05, 3.63) is 65.7 Å². The highest BCUT2D eigenvalue weighted by Gasteiger charge is 2.57. The van der Waals surface area contributed by atoms with Crippen LogP contribution >= 0.6 is 0 Å². The average Bonchev–Trinajstić information content (AvgIpc) is 3.37. The topological polar surface area (TPSA) is 88.5 Å². The van der Waals surface area contributed by atoms with Crippen molar-refractivity contribution in [3.63, 3.8) is 0 Å². The molecular weight excluding hydrogens is 436 g/mol. The third-order valence-corrected chi connectivity index (χ3v) is 5.98. The molecule has 2 aromatic carbocycles. The summed E-state index contributed by atoms with van der Waals surface area (Å²) >= 11 is 0. The third kappa shape index (κ3) is 5.34. The summed E-state index contributed by atoms with van der Waals surface area (Å²) in [5.41, 5.74) is 0.647. The van der Waals surface area contributed by atoms with E-state index < -0.39 is 30.0 Å². The number of amides is 1. The van der Waals surface area contributed by atoms with Crippen LogP contribution in [0.15, 0.2) is 54.6 Å². The van der Waals surface area contributed by atoms with E-state index in [0.717, 1.165) is 24.0 Å². The Labute approximate surface area is 200 Å². The molecule has 1 spiro atoms. The number of carbonyl (C=O) groups is 2. The molecule has 2 aliphatic rings. The molecule has 0 radical (unpaired) electrons. The SMILES string of the molecule is CC(C)(C)OC(=O)N1N(Cc2ccccc2)C(c2ccc(OCC(=O)O)cc2)CC12CCCO2. The third-order valence-electron chi connectivity index (χ3n) is 5.98. The first-order chi connectivity index (χ1) is 16.2. The molecule has 182 valence electrons. The zero-order valence-electron chi connectivity index (χ0n) is 19.9. The van der Waals surface area contributed by atoms with E-state index in [0.29, 0.717) is 25.3 Å². The standard InChI is InChI=1S/C26H32N2O6/c1-25(2,3)34-24(31)28-26(14-7-15-33-26)16-22(27(28)17-19-8-5-4-6-9-19)20-10-12-21(13-11-20)32-18-23(29)30/h4-6,8-13,22H,7,14-18H2,1-3H3,(H,29,30). The minimum Gasteiger partial charge on any atom is -0.482 e. The minimum absolute atomic E-state index is 0.139. The van der Waals surface area contributed by atoms with Crippen LogP contribution in [0.4, 0.5) is 4.79 Å². The Morgan fingerprint density at radius 2 is 1.82 bits per heavy atom. The van der Waals surface area contributed by atoms with Gasteiger partial charge in [-0.05, 0) is 56.9 Å². The van der Waals surface area contributed by atoms with E-state index in [4.69, 9.17) is 19.3 Å². The smallest absolute Gasteiger partial charge is 0.427 e. The molecule has 0 bridgehead atoms. The second-order valence-electron chi connectivity index (χ2n) is 9.74. The largest absolute Gasteiger partial charge is 0.482 e. The summed E-state index contributed by atoms with van der Waals surface area (Å²) in [5.74, 6) is -0.545. The van der Waals surface area contributed by atoms with Crippen LogP contribution in [0.3, 0.4) is 0 Å². The summed E-state index contributed by atoms with van der Waals surface area (Å²) in [6.45, 7) is 6.28. The van der Waals surface area contributed by atoms with Gasteiger partial charge in [0.25, 0.3) is 0 Å². The monoisotopic (exact) mass is 468 g/mol. The first-order valence-corrected chi connectivity index (χ1v) is 11.6. The molecule has 8 heteroatoms. The van der Waals surface area contributed by atoms with Crippen molar-refractivity contribution in [1.29, 1.82) is 0 Å². The van der Waals surface area contributed by atoms with Crippen LogP contribution in [0.25, 0.3) is 0 Å². The summed E-state index contributed by atoms with van der Waals surface area (Å²) in [5, 5.41) is 12.6. The predicted molar refractivity (Wildman–Crippen MR) is 125 cm³/mol. The Morgan fingerprint density at radius 1 is 1.12 bits per heavy atom. The number of carboxylic acids is 1. The molecule has 0 aliphatic carbocycles. The van der Waals surface area contributed by atoms with Gasteiger partial charge in [-0.1, -0.05) is 42.5 Å². The highest BCUT2D eigenvalue weighted by molar-refractivity contribution is 5.69. The lowest BCUT2D eigenvalue weighted by atomic mass is 9.97. The molecule has 4 rings (SSSR count). The molecule has 0 aromatic heterocycles. The number of benzene rings is 2. The fraction of sp³-hybridized carbons (Fsp3) is 0.462. The maximum Gasteiger partial charge on any atom is 0.427 e. The first-order valence-electron chi connectivity index (χ1n) is 11.6. The zero-order chi connectivity index (χ0) is 24.3. The number of carbonyl (C=O) groups excluding carboxylic acids is 1. The van der Waals surface area contributed by atoms with Gasteiger partial charge < -0.3 is 19.3 Å². The average molecular weight is 469 g/mol. The van der Waals surface area contributed by atoms with Crippen molar-refractivity contribution in [2.75, 3.05) is 13.2 Å². The fourth-order valence-electron chi connectivity index (χ4n) is 4.63. The van der Waals surface area contributed by atoms with Crippen molar-refractivity contribution in [3.8, 4) is 5.75 Å². The van der Waals surface area contributed by atoms with Crippen LogP contribution in [-0.2, 0) is 20.8 Å². The lowest BCUT2D eigenvalue weighted by molar-refractivity contribution is -0.164. The Kier molecular flexibility index (Phi) is 6.81. The molecule has 2 unspecified atom stereocenters. The molecule has 2 heterocycles. The molecule has 0 saturated carbocycles. The summed E-state index contributed by atoms with van der Waals surface area (Å²) in [6.07, 6.45) is 1.78. The molecule has 8 nitrogen and oxygen atoms in total. The molecule has 34 heavy (non-hydrogen) atoms. The molecule has 2 atom stereocenters. The molecule has 1 amide bonds. The van der Waals surface area contributed by atoms with Crippen LogP contribution in [0.2, 0.25) is 0 Å². The maximum atomic E-state index is 13.5. The lowest BCUT2D eigenvalue weighted by Crippen LogP contribution is -2.54. The van der Waals surface area contributed by atoms with Gasteiger partial charge in [-0.2, -0.15) is 0 Å². The number of hydrogen-bond acceptors (Lipinski definition) is 6. The summed E-state index contributed by atoms with van der Waals surface area (Å²) in [7, 11) is 0. The Bertz CT molecular complexity index is 996. The highest BCUT2D eigenvalue weighted by Crippen LogP contribution is 2.49. The highest BCUT2D eigenvalue weighted by atomic mass is 16.6. The second kappa shape index (κ2) is 9.64. The van der Waals surface area contributed by atoms with Crippen LogP contribution in [0, 0.1) is 0 Å². The molecule has 2 aliphatic heterocycles. The van der Waals surface area contributed by atoms with Gasteiger partial charge in [-0.25, -0.2) is 19.6 Å². The van der Waals surface area contributed by atoms with E-state index >= 15 is 0 Å². The van der Waals surface area contributed by atoms with Gasteiger partial charge in [0.1, 0.15) is 11.4 Å². The van der Waals surface area contributed by atoms with E-state index in [1.54, 1.807) is 17.1 Å². The van der Waals surface area contributed by atoms with Crippen molar-refractivity contribution < 1.29 is 28.9 Å². The number of aliphatic carboxylic acids is 1. The number of carboxylic acid groups (broad SMARTS) is 1. The van der Waals surface area contributed by atoms with Gasteiger partial charge in [0.05, 0.1) is 6.04 Å². The lowest BCUT2D eigenvalue weighted by Gasteiger charge is -2.39. The van der Waals surface area contributed by atoms with Crippen molar-refractivity contribution in [2.45, 2.75) is 63.9 Å². The van der Waals surface area contributed by atoms with Gasteiger partial charge in [0.2, 0.25) is 0 Å². The normalized spacial score (nSPS) is 22.8. The number of ether oxygens (including phenoxy) is 3. The van der Waals surface area contributed by atoms with Crippen LogP contribution in [-0.4, -0.2) is 51.7 Å². The first kappa shape index (κ1) is 24.0. The molecule has 2 fully saturated rings. The van der Waals surface area contributed by atoms with Gasteiger partial charge in [-0.15, -0.1) is 0 Å². The number of nitrogens with zero attached hydrogens (tertiary/aromatic N) is 2. The molecular formula is C26H32N2O6. The summed E-state index contributed by atoms with van der Waals surface area (Å²) in [6, 6.07) is 17.2. The number of rotatable bonds is 6. The van der Waals surface area contributed by atoms with E-state index in [2.05, 4.69) is 0 Å². The summed E-state index contributed by atoms with van der Waals surface area (Å²) < 4.78 is 17.4.